The zero-order valence-electron chi connectivity index (χ0n) is 7.40. The summed E-state index contributed by atoms with van der Waals surface area (Å²) < 4.78 is 0. The Morgan fingerprint density at radius 1 is 1.62 bits per heavy atom. The van der Waals surface area contributed by atoms with E-state index in [-0.39, 0.29) is 0 Å². The molecule has 0 fully saturated rings. The smallest absolute Gasteiger partial charge is 0.171 e. The van der Waals surface area contributed by atoms with Crippen molar-refractivity contribution in [3.8, 4) is 0 Å². The lowest BCUT2D eigenvalue weighted by Crippen LogP contribution is -2.14. The van der Waals surface area contributed by atoms with Gasteiger partial charge in [0.25, 0.3) is 0 Å². The van der Waals surface area contributed by atoms with E-state index < -0.39 is 0 Å². The van der Waals surface area contributed by atoms with Crippen molar-refractivity contribution in [2.24, 2.45) is 16.6 Å². The van der Waals surface area contributed by atoms with Crippen molar-refractivity contribution in [2.75, 3.05) is 7.11 Å². The molecule has 0 saturated heterocycles. The Balaban J connectivity index is 2.85. The van der Waals surface area contributed by atoms with Gasteiger partial charge in [-0.05, 0) is 12.1 Å². The molecule has 0 bridgehead atoms. The lowest BCUT2D eigenvalue weighted by atomic mass is 10.2. The van der Waals surface area contributed by atoms with Crippen LogP contribution in [-0.4, -0.2) is 17.9 Å². The Hall–Kier alpha value is -1.62. The predicted octanol–water partition coefficient (Wildman–Crippen LogP) is -0.193. The van der Waals surface area contributed by atoms with E-state index in [2.05, 4.69) is 15.0 Å². The maximum absolute atomic E-state index is 5.55. The van der Waals surface area contributed by atoms with Gasteiger partial charge in [0.1, 0.15) is 7.11 Å². The Morgan fingerprint density at radius 3 is 2.85 bits per heavy atom. The number of rotatable bonds is 3. The van der Waals surface area contributed by atoms with E-state index in [1.807, 2.05) is 0 Å². The van der Waals surface area contributed by atoms with Gasteiger partial charge in [-0.15, -0.1) is 0 Å². The van der Waals surface area contributed by atoms with Crippen LogP contribution in [0.3, 0.4) is 0 Å². The van der Waals surface area contributed by atoms with Crippen molar-refractivity contribution in [1.29, 1.82) is 0 Å². The molecule has 1 aromatic heterocycles. The lowest BCUT2D eigenvalue weighted by molar-refractivity contribution is 0.213. The SMILES string of the molecule is CO/N=C(\N)c1ccc(CN)nc1. The number of amidine groups is 1. The van der Waals surface area contributed by atoms with Gasteiger partial charge in [0.05, 0.1) is 5.69 Å². The van der Waals surface area contributed by atoms with Gasteiger partial charge in [0.2, 0.25) is 0 Å². The fraction of sp³-hybridized carbons (Fsp3) is 0.250. The molecule has 0 aliphatic carbocycles. The lowest BCUT2D eigenvalue weighted by Gasteiger charge is -2.00. The molecule has 0 atom stereocenters. The molecule has 1 aromatic rings. The van der Waals surface area contributed by atoms with Crippen molar-refractivity contribution < 1.29 is 4.84 Å². The van der Waals surface area contributed by atoms with E-state index in [1.54, 1.807) is 18.3 Å². The standard InChI is InChI=1S/C8H12N4O/c1-13-12-8(10)6-2-3-7(4-9)11-5-6/h2-3,5H,4,9H2,1H3,(H2,10,12). The number of oxime groups is 1. The molecule has 1 heterocycles. The average molecular weight is 180 g/mol. The zero-order chi connectivity index (χ0) is 9.68. The van der Waals surface area contributed by atoms with E-state index in [1.165, 1.54) is 7.11 Å². The molecule has 1 rings (SSSR count). The van der Waals surface area contributed by atoms with Crippen LogP contribution in [0.25, 0.3) is 0 Å². The maximum atomic E-state index is 5.55. The molecule has 0 aromatic carbocycles. The third-order valence-electron chi connectivity index (χ3n) is 1.52. The molecule has 0 amide bonds. The summed E-state index contributed by atoms with van der Waals surface area (Å²) in [5.41, 5.74) is 12.5. The molecule has 4 N–H and O–H groups in total. The topological polar surface area (TPSA) is 86.5 Å². The highest BCUT2D eigenvalue weighted by atomic mass is 16.6. The normalized spacial score (nSPS) is 11.4. The second-order valence-electron chi connectivity index (χ2n) is 2.40. The van der Waals surface area contributed by atoms with Crippen molar-refractivity contribution in [1.82, 2.24) is 4.98 Å². The van der Waals surface area contributed by atoms with Crippen LogP contribution in [0.1, 0.15) is 11.3 Å². The molecule has 0 radical (unpaired) electrons. The van der Waals surface area contributed by atoms with Gasteiger partial charge >= 0.3 is 0 Å². The van der Waals surface area contributed by atoms with Gasteiger partial charge in [-0.1, -0.05) is 5.16 Å². The molecule has 13 heavy (non-hydrogen) atoms. The third kappa shape index (κ3) is 2.41. The van der Waals surface area contributed by atoms with Crippen LogP contribution in [0.15, 0.2) is 23.5 Å². The fourth-order valence-corrected chi connectivity index (χ4v) is 0.848. The van der Waals surface area contributed by atoms with Crippen LogP contribution in [0.4, 0.5) is 0 Å². The largest absolute Gasteiger partial charge is 0.397 e. The number of aromatic nitrogens is 1. The average Bonchev–Trinajstić information content (AvgIpc) is 2.18. The summed E-state index contributed by atoms with van der Waals surface area (Å²) in [5, 5.41) is 3.57. The Bertz CT molecular complexity index is 294. The minimum atomic E-state index is 0.304. The van der Waals surface area contributed by atoms with E-state index in [4.69, 9.17) is 11.5 Å². The summed E-state index contributed by atoms with van der Waals surface area (Å²) in [4.78, 5) is 8.58. The van der Waals surface area contributed by atoms with E-state index in [0.29, 0.717) is 12.4 Å². The van der Waals surface area contributed by atoms with Crippen molar-refractivity contribution in [3.63, 3.8) is 0 Å². The monoisotopic (exact) mass is 180 g/mol. The van der Waals surface area contributed by atoms with E-state index >= 15 is 0 Å². The van der Waals surface area contributed by atoms with Gasteiger partial charge in [0, 0.05) is 18.3 Å². The van der Waals surface area contributed by atoms with Crippen LogP contribution >= 0.6 is 0 Å². The maximum Gasteiger partial charge on any atom is 0.171 e. The van der Waals surface area contributed by atoms with Gasteiger partial charge in [0.15, 0.2) is 5.84 Å². The fourth-order valence-electron chi connectivity index (χ4n) is 0.848. The van der Waals surface area contributed by atoms with Gasteiger partial charge < -0.3 is 16.3 Å². The Kier molecular flexibility index (Phi) is 3.22. The summed E-state index contributed by atoms with van der Waals surface area (Å²) in [5.74, 6) is 0.304. The highest BCUT2D eigenvalue weighted by Crippen LogP contribution is 1.99. The first kappa shape index (κ1) is 9.47. The molecule has 0 saturated carbocycles. The zero-order valence-corrected chi connectivity index (χ0v) is 7.40. The van der Waals surface area contributed by atoms with E-state index in [9.17, 15) is 0 Å². The second kappa shape index (κ2) is 4.42. The quantitative estimate of drug-likeness (QED) is 0.383. The van der Waals surface area contributed by atoms with Crippen LogP contribution in [0.2, 0.25) is 0 Å². The highest BCUT2D eigenvalue weighted by molar-refractivity contribution is 5.96. The van der Waals surface area contributed by atoms with Crippen molar-refractivity contribution in [3.05, 3.63) is 29.6 Å². The summed E-state index contributed by atoms with van der Waals surface area (Å²) in [6, 6.07) is 3.60. The Morgan fingerprint density at radius 2 is 2.38 bits per heavy atom. The first-order valence-electron chi connectivity index (χ1n) is 3.80. The van der Waals surface area contributed by atoms with Gasteiger partial charge in [-0.3, -0.25) is 4.98 Å². The van der Waals surface area contributed by atoms with Crippen molar-refractivity contribution >= 4 is 5.84 Å². The molecule has 5 heteroatoms. The molecule has 0 unspecified atom stereocenters. The summed E-state index contributed by atoms with van der Waals surface area (Å²) >= 11 is 0. The minimum Gasteiger partial charge on any atom is -0.397 e. The van der Waals surface area contributed by atoms with Crippen LogP contribution in [0, 0.1) is 0 Å². The predicted molar refractivity (Wildman–Crippen MR) is 49.9 cm³/mol. The minimum absolute atomic E-state index is 0.304. The molecule has 5 nitrogen and oxygen atoms in total. The van der Waals surface area contributed by atoms with Gasteiger partial charge in [-0.25, -0.2) is 0 Å². The van der Waals surface area contributed by atoms with Crippen LogP contribution in [0.5, 0.6) is 0 Å². The molecular weight excluding hydrogens is 168 g/mol. The number of hydrogen-bond acceptors (Lipinski definition) is 4. The summed E-state index contributed by atoms with van der Waals surface area (Å²) in [7, 11) is 1.44. The summed E-state index contributed by atoms with van der Waals surface area (Å²) in [6.07, 6.45) is 1.61. The third-order valence-corrected chi connectivity index (χ3v) is 1.52. The van der Waals surface area contributed by atoms with Gasteiger partial charge in [-0.2, -0.15) is 0 Å². The molecule has 0 aliphatic rings. The molecular formula is C8H12N4O. The number of hydrogen-bond donors (Lipinski definition) is 2. The highest BCUT2D eigenvalue weighted by Gasteiger charge is 1.98. The first-order chi connectivity index (χ1) is 6.27. The number of pyridine rings is 1. The van der Waals surface area contributed by atoms with Crippen LogP contribution < -0.4 is 11.5 Å². The van der Waals surface area contributed by atoms with Crippen molar-refractivity contribution in [2.45, 2.75) is 6.54 Å². The first-order valence-corrected chi connectivity index (χ1v) is 3.80. The molecule has 0 aliphatic heterocycles. The van der Waals surface area contributed by atoms with Crippen LogP contribution in [-0.2, 0) is 11.4 Å². The molecule has 70 valence electrons. The number of nitrogens with two attached hydrogens (primary N) is 2. The van der Waals surface area contributed by atoms with E-state index in [0.717, 1.165) is 11.3 Å². The second-order valence-corrected chi connectivity index (χ2v) is 2.40. The Labute approximate surface area is 76.4 Å². The summed E-state index contributed by atoms with van der Waals surface area (Å²) in [6.45, 7) is 0.418. The number of nitrogens with zero attached hydrogens (tertiary/aromatic N) is 2. The molecule has 0 spiro atoms.